The standard InChI is InChI=1S/C69H126O6/c1-4-7-10-13-16-19-22-25-27-29-31-32-33-34-35-36-38-39-41-44-47-50-53-56-59-62-68(71)74-65-66(64-73-67(70)61-58-55-52-49-46-43-24-21-18-15-12-9-6-3)75-69(72)63-60-57-54-51-48-45-42-40-37-30-28-26-23-20-17-14-11-8-5-2/h12,15,21,24,26,28-29,31,66H,4-11,13-14,16-20,22-23,25,27,30,32-65H2,1-3H3/b15-12-,24-21-,28-26-,31-29-. The second kappa shape index (κ2) is 63.9. The van der Waals surface area contributed by atoms with Gasteiger partial charge in [-0.15, -0.1) is 0 Å². The van der Waals surface area contributed by atoms with Gasteiger partial charge in [0.25, 0.3) is 0 Å². The molecule has 0 aliphatic rings. The predicted molar refractivity (Wildman–Crippen MR) is 325 cm³/mol. The Morgan fingerprint density at radius 1 is 0.267 bits per heavy atom. The molecule has 75 heavy (non-hydrogen) atoms. The van der Waals surface area contributed by atoms with Crippen molar-refractivity contribution in [2.75, 3.05) is 13.2 Å². The number of allylic oxidation sites excluding steroid dienone is 8. The zero-order valence-electron chi connectivity index (χ0n) is 50.3. The van der Waals surface area contributed by atoms with E-state index in [1.54, 1.807) is 0 Å². The molecular formula is C69H126O6. The van der Waals surface area contributed by atoms with Crippen LogP contribution in [0.15, 0.2) is 48.6 Å². The second-order valence-electron chi connectivity index (χ2n) is 22.4. The summed E-state index contributed by atoms with van der Waals surface area (Å²) in [5.41, 5.74) is 0. The normalized spacial score (nSPS) is 12.3. The summed E-state index contributed by atoms with van der Waals surface area (Å²) in [5, 5.41) is 0. The minimum absolute atomic E-state index is 0.0758. The van der Waals surface area contributed by atoms with Crippen LogP contribution in [0, 0.1) is 0 Å². The molecule has 1 unspecified atom stereocenters. The van der Waals surface area contributed by atoms with E-state index in [0.717, 1.165) is 83.5 Å². The number of carbonyl (C=O) groups excluding carboxylic acids is 3. The molecule has 0 saturated carbocycles. The van der Waals surface area contributed by atoms with E-state index in [-0.39, 0.29) is 31.1 Å². The van der Waals surface area contributed by atoms with Crippen LogP contribution in [-0.4, -0.2) is 37.2 Å². The lowest BCUT2D eigenvalue weighted by atomic mass is 10.0. The van der Waals surface area contributed by atoms with E-state index in [2.05, 4.69) is 69.4 Å². The first kappa shape index (κ1) is 72.4. The monoisotopic (exact) mass is 1050 g/mol. The van der Waals surface area contributed by atoms with Crippen molar-refractivity contribution in [1.82, 2.24) is 0 Å². The molecule has 0 aliphatic heterocycles. The lowest BCUT2D eigenvalue weighted by Crippen LogP contribution is -2.30. The number of ether oxygens (including phenoxy) is 3. The molecule has 0 N–H and O–H groups in total. The zero-order chi connectivity index (χ0) is 54.3. The van der Waals surface area contributed by atoms with Gasteiger partial charge in [0, 0.05) is 19.3 Å². The quantitative estimate of drug-likeness (QED) is 0.0261. The van der Waals surface area contributed by atoms with Gasteiger partial charge >= 0.3 is 17.9 Å². The molecule has 0 rings (SSSR count). The van der Waals surface area contributed by atoms with E-state index in [1.807, 2.05) is 0 Å². The van der Waals surface area contributed by atoms with Crippen LogP contribution in [0.2, 0.25) is 0 Å². The molecular weight excluding hydrogens is 925 g/mol. The SMILES string of the molecule is CCC/C=C\C/C=C\CCCCCCCC(=O)OCC(COC(=O)CCCCCCCCCCCCCCC/C=C\CCCCCCCCCC)OC(=O)CCCCCCCCCCC/C=C\CCCCCCCC. The van der Waals surface area contributed by atoms with Crippen molar-refractivity contribution < 1.29 is 28.6 Å². The lowest BCUT2D eigenvalue weighted by molar-refractivity contribution is -0.167. The van der Waals surface area contributed by atoms with Gasteiger partial charge in [-0.25, -0.2) is 0 Å². The van der Waals surface area contributed by atoms with Crippen LogP contribution >= 0.6 is 0 Å². The Kier molecular flexibility index (Phi) is 61.7. The van der Waals surface area contributed by atoms with E-state index < -0.39 is 6.10 Å². The highest BCUT2D eigenvalue weighted by atomic mass is 16.6. The summed E-state index contributed by atoms with van der Waals surface area (Å²) in [6.45, 7) is 6.61. The molecule has 0 amide bonds. The maximum atomic E-state index is 12.9. The number of esters is 3. The van der Waals surface area contributed by atoms with E-state index in [4.69, 9.17) is 14.2 Å². The number of hydrogen-bond donors (Lipinski definition) is 0. The molecule has 0 aromatic rings. The molecule has 0 aromatic heterocycles. The Morgan fingerprint density at radius 2 is 0.507 bits per heavy atom. The summed E-state index contributed by atoms with van der Waals surface area (Å²) in [6, 6.07) is 0. The highest BCUT2D eigenvalue weighted by Crippen LogP contribution is 2.17. The van der Waals surface area contributed by atoms with Crippen LogP contribution in [-0.2, 0) is 28.6 Å². The van der Waals surface area contributed by atoms with Gasteiger partial charge in [-0.3, -0.25) is 14.4 Å². The van der Waals surface area contributed by atoms with Crippen molar-refractivity contribution in [2.24, 2.45) is 0 Å². The molecule has 0 heterocycles. The fourth-order valence-corrected chi connectivity index (χ4v) is 9.77. The van der Waals surface area contributed by atoms with Crippen LogP contribution in [0.5, 0.6) is 0 Å². The Balaban J connectivity index is 4.26. The van der Waals surface area contributed by atoms with Gasteiger partial charge in [-0.05, 0) is 96.3 Å². The maximum absolute atomic E-state index is 12.9. The van der Waals surface area contributed by atoms with Crippen LogP contribution in [0.25, 0.3) is 0 Å². The minimum atomic E-state index is -0.780. The Labute approximate surface area is 467 Å². The molecule has 438 valence electrons. The number of unbranched alkanes of at least 4 members (excludes halogenated alkanes) is 42. The number of hydrogen-bond acceptors (Lipinski definition) is 6. The van der Waals surface area contributed by atoms with Gasteiger partial charge in [-0.2, -0.15) is 0 Å². The summed E-state index contributed by atoms with van der Waals surface area (Å²) < 4.78 is 16.9. The summed E-state index contributed by atoms with van der Waals surface area (Å²) >= 11 is 0. The number of carbonyl (C=O) groups is 3. The second-order valence-corrected chi connectivity index (χ2v) is 22.4. The van der Waals surface area contributed by atoms with Crippen molar-refractivity contribution in [3.05, 3.63) is 48.6 Å². The van der Waals surface area contributed by atoms with Gasteiger partial charge in [0.1, 0.15) is 13.2 Å². The Hall–Kier alpha value is -2.63. The minimum Gasteiger partial charge on any atom is -0.462 e. The van der Waals surface area contributed by atoms with Crippen LogP contribution in [0.4, 0.5) is 0 Å². The van der Waals surface area contributed by atoms with Crippen LogP contribution in [0.1, 0.15) is 355 Å². The zero-order valence-corrected chi connectivity index (χ0v) is 50.3. The fraction of sp³-hybridized carbons (Fsp3) is 0.841. The average molecular weight is 1050 g/mol. The first-order valence-electron chi connectivity index (χ1n) is 33.1. The maximum Gasteiger partial charge on any atom is 0.306 e. The molecule has 0 saturated heterocycles. The number of rotatable bonds is 61. The van der Waals surface area contributed by atoms with Gasteiger partial charge in [0.05, 0.1) is 0 Å². The summed E-state index contributed by atoms with van der Waals surface area (Å²) in [7, 11) is 0. The average Bonchev–Trinajstić information content (AvgIpc) is 3.41. The van der Waals surface area contributed by atoms with Gasteiger partial charge in [0.15, 0.2) is 6.10 Å². The third-order valence-electron chi connectivity index (χ3n) is 14.8. The van der Waals surface area contributed by atoms with Crippen molar-refractivity contribution in [1.29, 1.82) is 0 Å². The van der Waals surface area contributed by atoms with Crippen molar-refractivity contribution in [2.45, 2.75) is 361 Å². The highest BCUT2D eigenvalue weighted by Gasteiger charge is 2.19. The lowest BCUT2D eigenvalue weighted by Gasteiger charge is -2.18. The van der Waals surface area contributed by atoms with Crippen molar-refractivity contribution >= 4 is 17.9 Å². The topological polar surface area (TPSA) is 78.9 Å². The van der Waals surface area contributed by atoms with Crippen molar-refractivity contribution in [3.8, 4) is 0 Å². The molecule has 1 atom stereocenters. The predicted octanol–water partition coefficient (Wildman–Crippen LogP) is 22.6. The largest absolute Gasteiger partial charge is 0.462 e. The highest BCUT2D eigenvalue weighted by molar-refractivity contribution is 5.71. The summed E-state index contributed by atoms with van der Waals surface area (Å²) in [4.78, 5) is 38.3. The molecule has 0 fully saturated rings. The molecule has 0 bridgehead atoms. The van der Waals surface area contributed by atoms with Crippen LogP contribution < -0.4 is 0 Å². The van der Waals surface area contributed by atoms with E-state index >= 15 is 0 Å². The van der Waals surface area contributed by atoms with Gasteiger partial charge in [-0.1, -0.05) is 288 Å². The third kappa shape index (κ3) is 62.1. The van der Waals surface area contributed by atoms with Gasteiger partial charge < -0.3 is 14.2 Å². The fourth-order valence-electron chi connectivity index (χ4n) is 9.77. The molecule has 0 aromatic carbocycles. The molecule has 0 spiro atoms. The summed E-state index contributed by atoms with van der Waals surface area (Å²) in [6.07, 6.45) is 79.8. The van der Waals surface area contributed by atoms with Gasteiger partial charge in [0.2, 0.25) is 0 Å². The Morgan fingerprint density at radius 3 is 0.800 bits per heavy atom. The third-order valence-corrected chi connectivity index (χ3v) is 14.8. The van der Waals surface area contributed by atoms with Crippen molar-refractivity contribution in [3.63, 3.8) is 0 Å². The molecule has 6 heteroatoms. The molecule has 6 nitrogen and oxygen atoms in total. The first-order chi connectivity index (χ1) is 37.0. The first-order valence-corrected chi connectivity index (χ1v) is 33.1. The molecule has 0 aliphatic carbocycles. The van der Waals surface area contributed by atoms with E-state index in [9.17, 15) is 14.4 Å². The smallest absolute Gasteiger partial charge is 0.306 e. The van der Waals surface area contributed by atoms with E-state index in [0.29, 0.717) is 19.3 Å². The Bertz CT molecular complexity index is 1300. The van der Waals surface area contributed by atoms with E-state index in [1.165, 1.54) is 231 Å². The van der Waals surface area contributed by atoms with Crippen LogP contribution in [0.3, 0.4) is 0 Å². The summed E-state index contributed by atoms with van der Waals surface area (Å²) in [5.74, 6) is -0.873. The molecule has 0 radical (unpaired) electrons.